The van der Waals surface area contributed by atoms with E-state index in [1.54, 1.807) is 12.3 Å². The number of halogens is 1. The standard InChI is InChI=1S/C13H13BrO3/c14-11-3-5-12(6-4-11)17-9-10(8-15)13-2-1-7-16-13/h1-7,10,15H,8-9H2. The average molecular weight is 297 g/mol. The topological polar surface area (TPSA) is 42.6 Å². The minimum absolute atomic E-state index is 0.00401. The van der Waals surface area contributed by atoms with E-state index < -0.39 is 0 Å². The van der Waals surface area contributed by atoms with Crippen LogP contribution in [0, 0.1) is 0 Å². The zero-order chi connectivity index (χ0) is 12.1. The lowest BCUT2D eigenvalue weighted by Crippen LogP contribution is -2.13. The molecule has 0 saturated carbocycles. The molecule has 0 aliphatic heterocycles. The molecule has 90 valence electrons. The molecule has 4 heteroatoms. The predicted octanol–water partition coefficient (Wildman–Crippen LogP) is 3.20. The quantitative estimate of drug-likeness (QED) is 0.921. The maximum absolute atomic E-state index is 9.27. The van der Waals surface area contributed by atoms with Gasteiger partial charge >= 0.3 is 0 Å². The summed E-state index contributed by atoms with van der Waals surface area (Å²) in [6.45, 7) is 0.398. The maximum Gasteiger partial charge on any atom is 0.119 e. The summed E-state index contributed by atoms with van der Waals surface area (Å²) in [4.78, 5) is 0. The Balaban J connectivity index is 1.94. The number of hydrogen-bond acceptors (Lipinski definition) is 3. The maximum atomic E-state index is 9.27. The van der Waals surface area contributed by atoms with Crippen molar-refractivity contribution in [1.82, 2.24) is 0 Å². The number of aliphatic hydroxyl groups is 1. The molecule has 2 rings (SSSR count). The van der Waals surface area contributed by atoms with E-state index in [4.69, 9.17) is 9.15 Å². The van der Waals surface area contributed by atoms with Crippen molar-refractivity contribution >= 4 is 15.9 Å². The molecule has 0 aliphatic rings. The number of furan rings is 1. The van der Waals surface area contributed by atoms with E-state index in [-0.39, 0.29) is 12.5 Å². The molecule has 0 bridgehead atoms. The molecule has 2 aromatic rings. The second kappa shape index (κ2) is 5.89. The normalized spacial score (nSPS) is 12.4. The SMILES string of the molecule is OCC(COc1ccc(Br)cc1)c1ccco1. The minimum Gasteiger partial charge on any atom is -0.493 e. The first-order chi connectivity index (χ1) is 8.29. The van der Waals surface area contributed by atoms with Crippen LogP contribution in [-0.2, 0) is 0 Å². The monoisotopic (exact) mass is 296 g/mol. The van der Waals surface area contributed by atoms with Gasteiger partial charge < -0.3 is 14.3 Å². The largest absolute Gasteiger partial charge is 0.493 e. The van der Waals surface area contributed by atoms with Crippen LogP contribution in [0.3, 0.4) is 0 Å². The molecule has 1 N–H and O–H groups in total. The molecule has 3 nitrogen and oxygen atoms in total. The molecule has 0 saturated heterocycles. The summed E-state index contributed by atoms with van der Waals surface area (Å²) in [6, 6.07) is 11.2. The van der Waals surface area contributed by atoms with E-state index >= 15 is 0 Å². The highest BCUT2D eigenvalue weighted by Gasteiger charge is 2.14. The van der Waals surface area contributed by atoms with Gasteiger partial charge in [-0.25, -0.2) is 0 Å². The highest BCUT2D eigenvalue weighted by molar-refractivity contribution is 9.10. The van der Waals surface area contributed by atoms with Crippen molar-refractivity contribution in [3.63, 3.8) is 0 Å². The lowest BCUT2D eigenvalue weighted by molar-refractivity contribution is 0.190. The molecule has 1 aromatic heterocycles. The summed E-state index contributed by atoms with van der Waals surface area (Å²) >= 11 is 3.36. The Bertz CT molecular complexity index is 436. The molecule has 1 unspecified atom stereocenters. The van der Waals surface area contributed by atoms with Gasteiger partial charge in [0.15, 0.2) is 0 Å². The smallest absolute Gasteiger partial charge is 0.119 e. The fourth-order valence-corrected chi connectivity index (χ4v) is 1.74. The number of aliphatic hydroxyl groups excluding tert-OH is 1. The third-order valence-electron chi connectivity index (χ3n) is 2.43. The van der Waals surface area contributed by atoms with E-state index in [0.717, 1.165) is 16.0 Å². The van der Waals surface area contributed by atoms with Gasteiger partial charge in [0, 0.05) is 4.47 Å². The van der Waals surface area contributed by atoms with Crippen LogP contribution in [0.4, 0.5) is 0 Å². The Morgan fingerprint density at radius 1 is 1.24 bits per heavy atom. The van der Waals surface area contributed by atoms with E-state index in [1.165, 1.54) is 0 Å². The van der Waals surface area contributed by atoms with Crippen LogP contribution >= 0.6 is 15.9 Å². The van der Waals surface area contributed by atoms with Crippen LogP contribution in [0.1, 0.15) is 11.7 Å². The summed E-state index contributed by atoms with van der Waals surface area (Å²) in [7, 11) is 0. The van der Waals surface area contributed by atoms with Crippen molar-refractivity contribution in [2.45, 2.75) is 5.92 Å². The number of hydrogen-bond donors (Lipinski definition) is 1. The Morgan fingerprint density at radius 2 is 2.00 bits per heavy atom. The summed E-state index contributed by atoms with van der Waals surface area (Å²) in [6.07, 6.45) is 1.59. The van der Waals surface area contributed by atoms with Gasteiger partial charge in [-0.3, -0.25) is 0 Å². The highest BCUT2D eigenvalue weighted by Crippen LogP contribution is 2.20. The van der Waals surface area contributed by atoms with Crippen molar-refractivity contribution < 1.29 is 14.3 Å². The lowest BCUT2D eigenvalue weighted by Gasteiger charge is -2.13. The first-order valence-corrected chi connectivity index (χ1v) is 6.11. The molecular formula is C13H13BrO3. The summed E-state index contributed by atoms with van der Waals surface area (Å²) in [5.74, 6) is 1.39. The van der Waals surface area contributed by atoms with Crippen LogP contribution in [-0.4, -0.2) is 18.3 Å². The van der Waals surface area contributed by atoms with Crippen molar-refractivity contribution in [2.24, 2.45) is 0 Å². The van der Waals surface area contributed by atoms with Gasteiger partial charge in [-0.15, -0.1) is 0 Å². The van der Waals surface area contributed by atoms with Gasteiger partial charge in [-0.05, 0) is 36.4 Å². The highest BCUT2D eigenvalue weighted by atomic mass is 79.9. The van der Waals surface area contributed by atoms with Crippen molar-refractivity contribution in [2.75, 3.05) is 13.2 Å². The molecule has 17 heavy (non-hydrogen) atoms. The molecule has 0 aliphatic carbocycles. The zero-order valence-corrected chi connectivity index (χ0v) is 10.8. The van der Waals surface area contributed by atoms with E-state index in [9.17, 15) is 5.11 Å². The summed E-state index contributed by atoms with van der Waals surface area (Å²) < 4.78 is 11.9. The Kier molecular flexibility index (Phi) is 4.23. The van der Waals surface area contributed by atoms with E-state index in [0.29, 0.717) is 6.61 Å². The number of rotatable bonds is 5. The first kappa shape index (κ1) is 12.2. The Morgan fingerprint density at radius 3 is 2.59 bits per heavy atom. The van der Waals surface area contributed by atoms with Crippen LogP contribution in [0.25, 0.3) is 0 Å². The van der Waals surface area contributed by atoms with Crippen LogP contribution in [0.2, 0.25) is 0 Å². The van der Waals surface area contributed by atoms with Crippen molar-refractivity contribution in [3.8, 4) is 5.75 Å². The predicted molar refractivity (Wildman–Crippen MR) is 68.2 cm³/mol. The molecule has 1 atom stereocenters. The molecule has 0 fully saturated rings. The van der Waals surface area contributed by atoms with E-state index in [2.05, 4.69) is 15.9 Å². The molecule has 1 heterocycles. The minimum atomic E-state index is -0.131. The molecule has 1 aromatic carbocycles. The Hall–Kier alpha value is -1.26. The number of benzene rings is 1. The van der Waals surface area contributed by atoms with Crippen LogP contribution in [0.5, 0.6) is 5.75 Å². The fourth-order valence-electron chi connectivity index (χ4n) is 1.48. The van der Waals surface area contributed by atoms with Crippen molar-refractivity contribution in [1.29, 1.82) is 0 Å². The summed E-state index contributed by atoms with van der Waals surface area (Å²) in [5.41, 5.74) is 0. The molecule has 0 radical (unpaired) electrons. The van der Waals surface area contributed by atoms with E-state index in [1.807, 2.05) is 30.3 Å². The fraction of sp³-hybridized carbons (Fsp3) is 0.231. The number of ether oxygens (including phenoxy) is 1. The van der Waals surface area contributed by atoms with Gasteiger partial charge in [-0.2, -0.15) is 0 Å². The summed E-state index contributed by atoms with van der Waals surface area (Å²) in [5, 5.41) is 9.27. The Labute approximate surface area is 108 Å². The zero-order valence-electron chi connectivity index (χ0n) is 9.17. The molecule has 0 amide bonds. The first-order valence-electron chi connectivity index (χ1n) is 5.32. The van der Waals surface area contributed by atoms with Crippen LogP contribution in [0.15, 0.2) is 51.6 Å². The van der Waals surface area contributed by atoms with Gasteiger partial charge in [0.1, 0.15) is 18.1 Å². The third kappa shape index (κ3) is 3.35. The van der Waals surface area contributed by atoms with Gasteiger partial charge in [-0.1, -0.05) is 15.9 Å². The van der Waals surface area contributed by atoms with Crippen LogP contribution < -0.4 is 4.74 Å². The van der Waals surface area contributed by atoms with Gasteiger partial charge in [0.25, 0.3) is 0 Å². The second-order valence-corrected chi connectivity index (χ2v) is 4.58. The third-order valence-corrected chi connectivity index (χ3v) is 2.96. The lowest BCUT2D eigenvalue weighted by atomic mass is 10.1. The second-order valence-electron chi connectivity index (χ2n) is 3.66. The average Bonchev–Trinajstić information content (AvgIpc) is 2.86. The molecule has 0 spiro atoms. The molecular weight excluding hydrogens is 284 g/mol. The van der Waals surface area contributed by atoms with Crippen molar-refractivity contribution in [3.05, 3.63) is 52.9 Å². The van der Waals surface area contributed by atoms with Gasteiger partial charge in [0.05, 0.1) is 18.8 Å². The van der Waals surface area contributed by atoms with Gasteiger partial charge in [0.2, 0.25) is 0 Å².